The van der Waals surface area contributed by atoms with E-state index in [2.05, 4.69) is 41.3 Å². The highest BCUT2D eigenvalue weighted by atomic mass is 16.5. The van der Waals surface area contributed by atoms with Gasteiger partial charge in [0.15, 0.2) is 5.96 Å². The number of pyridine rings is 1. The molecule has 3 rings (SSSR count). The molecule has 0 radical (unpaired) electrons. The van der Waals surface area contributed by atoms with Gasteiger partial charge in [0.25, 0.3) is 0 Å². The van der Waals surface area contributed by atoms with Gasteiger partial charge in [0, 0.05) is 44.0 Å². The molecule has 7 heteroatoms. The molecule has 1 aromatic heterocycles. The molecule has 162 valence electrons. The van der Waals surface area contributed by atoms with E-state index >= 15 is 0 Å². The molecule has 0 aromatic carbocycles. The summed E-state index contributed by atoms with van der Waals surface area (Å²) in [5, 5.41) is 6.86. The summed E-state index contributed by atoms with van der Waals surface area (Å²) in [5.74, 6) is 1.56. The van der Waals surface area contributed by atoms with Crippen LogP contribution in [0.1, 0.15) is 52.0 Å². The molecule has 1 saturated carbocycles. The first kappa shape index (κ1) is 21.8. The van der Waals surface area contributed by atoms with Gasteiger partial charge in [0.1, 0.15) is 6.10 Å². The van der Waals surface area contributed by atoms with Crippen LogP contribution in [0.2, 0.25) is 0 Å². The number of hydrogen-bond acceptors (Lipinski definition) is 5. The van der Waals surface area contributed by atoms with Gasteiger partial charge in [-0.15, -0.1) is 0 Å². The van der Waals surface area contributed by atoms with E-state index < -0.39 is 0 Å². The van der Waals surface area contributed by atoms with Crippen LogP contribution in [0.5, 0.6) is 5.88 Å². The van der Waals surface area contributed by atoms with Gasteiger partial charge in [-0.1, -0.05) is 0 Å². The van der Waals surface area contributed by atoms with Crippen molar-refractivity contribution in [3.05, 3.63) is 23.9 Å². The number of rotatable bonds is 8. The lowest BCUT2D eigenvalue weighted by molar-refractivity contribution is -0.00834. The number of nitrogens with zero attached hydrogens (tertiary/aromatic N) is 3. The molecule has 0 spiro atoms. The molecule has 2 aliphatic rings. The van der Waals surface area contributed by atoms with Gasteiger partial charge in [-0.25, -0.2) is 9.98 Å². The molecule has 2 N–H and O–H groups in total. The standard InChI is InChI=1S/C22H37N5O2/c1-4-23-21(26-17-22(2,3)27-11-13-28-14-12-27)25-16-18-9-10-24-20(15-18)29-19-7-5-6-8-19/h9-10,15,19H,4-8,11-14,16-17H2,1-3H3,(H2,23,25,26). The second kappa shape index (κ2) is 10.8. The maximum atomic E-state index is 6.02. The Morgan fingerprint density at radius 1 is 1.28 bits per heavy atom. The van der Waals surface area contributed by atoms with Crippen LogP contribution in [0.25, 0.3) is 0 Å². The molecule has 2 heterocycles. The van der Waals surface area contributed by atoms with Crippen molar-refractivity contribution in [1.82, 2.24) is 20.5 Å². The van der Waals surface area contributed by atoms with Crippen molar-refractivity contribution in [1.29, 1.82) is 0 Å². The third-order valence-electron chi connectivity index (χ3n) is 5.71. The molecule has 0 atom stereocenters. The topological polar surface area (TPSA) is 71.0 Å². The van der Waals surface area contributed by atoms with Gasteiger partial charge >= 0.3 is 0 Å². The maximum absolute atomic E-state index is 6.02. The fourth-order valence-electron chi connectivity index (χ4n) is 3.88. The first-order valence-corrected chi connectivity index (χ1v) is 11.0. The van der Waals surface area contributed by atoms with Crippen LogP contribution in [0.4, 0.5) is 0 Å². The largest absolute Gasteiger partial charge is 0.474 e. The summed E-state index contributed by atoms with van der Waals surface area (Å²) >= 11 is 0. The van der Waals surface area contributed by atoms with E-state index in [0.29, 0.717) is 12.6 Å². The highest BCUT2D eigenvalue weighted by molar-refractivity contribution is 5.79. The highest BCUT2D eigenvalue weighted by Gasteiger charge is 2.28. The number of guanidine groups is 1. The SMILES string of the molecule is CCNC(=NCc1ccnc(OC2CCCC2)c1)NCC(C)(C)N1CCOCC1. The number of ether oxygens (including phenoxy) is 2. The Kier molecular flexibility index (Phi) is 8.12. The molecule has 1 aromatic rings. The summed E-state index contributed by atoms with van der Waals surface area (Å²) in [4.78, 5) is 11.6. The Labute approximate surface area is 175 Å². The van der Waals surface area contributed by atoms with E-state index in [1.165, 1.54) is 12.8 Å². The molecular weight excluding hydrogens is 366 g/mol. The number of aromatic nitrogens is 1. The Balaban J connectivity index is 1.55. The van der Waals surface area contributed by atoms with Crippen LogP contribution >= 0.6 is 0 Å². The van der Waals surface area contributed by atoms with Crippen LogP contribution in [-0.2, 0) is 11.3 Å². The van der Waals surface area contributed by atoms with Gasteiger partial charge < -0.3 is 20.1 Å². The van der Waals surface area contributed by atoms with E-state index in [1.54, 1.807) is 0 Å². The molecule has 0 amide bonds. The van der Waals surface area contributed by atoms with Crippen LogP contribution in [0.15, 0.2) is 23.3 Å². The van der Waals surface area contributed by atoms with Crippen molar-refractivity contribution >= 4 is 5.96 Å². The lowest BCUT2D eigenvalue weighted by Gasteiger charge is -2.41. The summed E-state index contributed by atoms with van der Waals surface area (Å²) in [6, 6.07) is 4.02. The fourth-order valence-corrected chi connectivity index (χ4v) is 3.88. The van der Waals surface area contributed by atoms with Crippen LogP contribution in [0, 0.1) is 0 Å². The third kappa shape index (κ3) is 6.85. The molecular formula is C22H37N5O2. The Bertz CT molecular complexity index is 652. The maximum Gasteiger partial charge on any atom is 0.213 e. The normalized spacial score (nSPS) is 19.3. The molecule has 7 nitrogen and oxygen atoms in total. The van der Waals surface area contributed by atoms with Gasteiger partial charge in [0.05, 0.1) is 19.8 Å². The van der Waals surface area contributed by atoms with Crippen LogP contribution < -0.4 is 15.4 Å². The highest BCUT2D eigenvalue weighted by Crippen LogP contribution is 2.23. The molecule has 1 aliphatic carbocycles. The Hall–Kier alpha value is -1.86. The van der Waals surface area contributed by atoms with E-state index in [0.717, 1.165) is 69.6 Å². The zero-order valence-electron chi connectivity index (χ0n) is 18.2. The third-order valence-corrected chi connectivity index (χ3v) is 5.71. The van der Waals surface area contributed by atoms with Crippen LogP contribution in [0.3, 0.4) is 0 Å². The molecule has 2 fully saturated rings. The number of aliphatic imine (C=N–C) groups is 1. The predicted molar refractivity (Wildman–Crippen MR) is 116 cm³/mol. The first-order chi connectivity index (χ1) is 14.1. The van der Waals surface area contributed by atoms with Crippen LogP contribution in [-0.4, -0.2) is 66.9 Å². The number of hydrogen-bond donors (Lipinski definition) is 2. The van der Waals surface area contributed by atoms with E-state index in [4.69, 9.17) is 14.5 Å². The minimum Gasteiger partial charge on any atom is -0.474 e. The zero-order valence-corrected chi connectivity index (χ0v) is 18.2. The van der Waals surface area contributed by atoms with Crippen molar-refractivity contribution in [2.45, 2.75) is 64.6 Å². The number of morpholine rings is 1. The van der Waals surface area contributed by atoms with Gasteiger partial charge in [-0.3, -0.25) is 4.90 Å². The van der Waals surface area contributed by atoms with Gasteiger partial charge in [-0.2, -0.15) is 0 Å². The predicted octanol–water partition coefficient (Wildman–Crippen LogP) is 2.57. The second-order valence-corrected chi connectivity index (χ2v) is 8.49. The summed E-state index contributed by atoms with van der Waals surface area (Å²) in [7, 11) is 0. The summed E-state index contributed by atoms with van der Waals surface area (Å²) in [6.07, 6.45) is 6.93. The smallest absolute Gasteiger partial charge is 0.213 e. The fraction of sp³-hybridized carbons (Fsp3) is 0.727. The van der Waals surface area contributed by atoms with E-state index in [-0.39, 0.29) is 5.54 Å². The quantitative estimate of drug-likeness (QED) is 0.514. The molecule has 29 heavy (non-hydrogen) atoms. The first-order valence-electron chi connectivity index (χ1n) is 11.0. The zero-order chi connectivity index (χ0) is 20.5. The molecule has 1 aliphatic heterocycles. The van der Waals surface area contributed by atoms with Gasteiger partial charge in [-0.05, 0) is 58.1 Å². The minimum absolute atomic E-state index is 0.0406. The van der Waals surface area contributed by atoms with E-state index in [9.17, 15) is 0 Å². The molecule has 0 unspecified atom stereocenters. The second-order valence-electron chi connectivity index (χ2n) is 8.49. The van der Waals surface area contributed by atoms with Crippen molar-refractivity contribution in [2.75, 3.05) is 39.4 Å². The van der Waals surface area contributed by atoms with Gasteiger partial charge in [0.2, 0.25) is 5.88 Å². The van der Waals surface area contributed by atoms with Crippen molar-refractivity contribution in [3.63, 3.8) is 0 Å². The number of nitrogens with one attached hydrogen (secondary N) is 2. The lowest BCUT2D eigenvalue weighted by Crippen LogP contribution is -2.56. The average molecular weight is 404 g/mol. The lowest BCUT2D eigenvalue weighted by atomic mass is 10.0. The monoisotopic (exact) mass is 403 g/mol. The average Bonchev–Trinajstić information content (AvgIpc) is 3.24. The summed E-state index contributed by atoms with van der Waals surface area (Å²) < 4.78 is 11.5. The molecule has 1 saturated heterocycles. The Morgan fingerprint density at radius 2 is 2.03 bits per heavy atom. The Morgan fingerprint density at radius 3 is 2.76 bits per heavy atom. The molecule has 0 bridgehead atoms. The van der Waals surface area contributed by atoms with Crippen molar-refractivity contribution in [3.8, 4) is 5.88 Å². The van der Waals surface area contributed by atoms with E-state index in [1.807, 2.05) is 18.3 Å². The van der Waals surface area contributed by atoms with Crippen molar-refractivity contribution < 1.29 is 9.47 Å². The summed E-state index contributed by atoms with van der Waals surface area (Å²) in [6.45, 7) is 12.4. The minimum atomic E-state index is 0.0406. The van der Waals surface area contributed by atoms with Crippen molar-refractivity contribution in [2.24, 2.45) is 4.99 Å². The summed E-state index contributed by atoms with van der Waals surface area (Å²) in [5.41, 5.74) is 1.15.